The van der Waals surface area contributed by atoms with Crippen LogP contribution < -0.4 is 5.43 Å². The Bertz CT molecular complexity index is 611. The molecule has 0 saturated heterocycles. The second kappa shape index (κ2) is 4.32. The van der Waals surface area contributed by atoms with Crippen molar-refractivity contribution >= 4 is 10.9 Å². The summed E-state index contributed by atoms with van der Waals surface area (Å²) < 4.78 is 1.89. The molecule has 0 aliphatic rings. The van der Waals surface area contributed by atoms with Gasteiger partial charge in [-0.1, -0.05) is 19.9 Å². The number of rotatable bonds is 2. The number of aromatic nitrogens is 2. The van der Waals surface area contributed by atoms with Crippen molar-refractivity contribution in [2.24, 2.45) is 0 Å². The van der Waals surface area contributed by atoms with Crippen molar-refractivity contribution in [3.8, 4) is 0 Å². The maximum Gasteiger partial charge on any atom is 0.206 e. The van der Waals surface area contributed by atoms with E-state index in [0.29, 0.717) is 11.4 Å². The maximum atomic E-state index is 12.0. The van der Waals surface area contributed by atoms with Gasteiger partial charge in [0.2, 0.25) is 5.43 Å². The second-order valence-electron chi connectivity index (χ2n) is 4.66. The minimum Gasteiger partial charge on any atom is -0.287 e. The molecule has 1 aromatic heterocycles. The number of nitrogens with zero attached hydrogens (tertiary/aromatic N) is 2. The number of fused-ring (bicyclic) bond motifs is 1. The van der Waals surface area contributed by atoms with Gasteiger partial charge in [-0.25, -0.2) is 0 Å². The highest BCUT2D eigenvalue weighted by atomic mass is 16.1. The Hall–Kier alpha value is -1.64. The molecule has 0 amide bonds. The highest BCUT2D eigenvalue weighted by Gasteiger charge is 2.09. The van der Waals surface area contributed by atoms with Crippen LogP contribution in [-0.4, -0.2) is 9.78 Å². The largest absolute Gasteiger partial charge is 0.287 e. The summed E-state index contributed by atoms with van der Waals surface area (Å²) >= 11 is 0. The van der Waals surface area contributed by atoms with Gasteiger partial charge in [0.15, 0.2) is 0 Å². The Morgan fingerprint density at radius 3 is 2.65 bits per heavy atom. The highest BCUT2D eigenvalue weighted by Crippen LogP contribution is 2.19. The van der Waals surface area contributed by atoms with Crippen LogP contribution in [0.1, 0.15) is 37.9 Å². The lowest BCUT2D eigenvalue weighted by atomic mass is 10.0. The standard InChI is InChI=1S/C14H18N2O/c1-5-16-10(4)12-8-11(9(2)3)6-7-13(17)14(12)15-16/h6-9H,5H2,1-4H3. The topological polar surface area (TPSA) is 34.9 Å². The molecule has 0 atom stereocenters. The summed E-state index contributed by atoms with van der Waals surface area (Å²) in [4.78, 5) is 12.0. The summed E-state index contributed by atoms with van der Waals surface area (Å²) in [6, 6.07) is 5.63. The zero-order chi connectivity index (χ0) is 12.6. The summed E-state index contributed by atoms with van der Waals surface area (Å²) in [5.41, 5.74) is 2.83. The first-order valence-electron chi connectivity index (χ1n) is 6.06. The normalized spacial score (nSPS) is 11.4. The molecule has 2 rings (SSSR count). The van der Waals surface area contributed by atoms with Gasteiger partial charge in [0, 0.05) is 17.6 Å². The summed E-state index contributed by atoms with van der Waals surface area (Å²) in [7, 11) is 0. The summed E-state index contributed by atoms with van der Waals surface area (Å²) in [6.07, 6.45) is 0. The fourth-order valence-corrected chi connectivity index (χ4v) is 2.05. The zero-order valence-corrected chi connectivity index (χ0v) is 10.8. The number of aryl methyl sites for hydroxylation is 2. The number of hydrogen-bond donors (Lipinski definition) is 0. The van der Waals surface area contributed by atoms with Gasteiger partial charge in [-0.3, -0.25) is 9.48 Å². The lowest BCUT2D eigenvalue weighted by Crippen LogP contribution is -2.00. The van der Waals surface area contributed by atoms with Gasteiger partial charge in [-0.05, 0) is 37.5 Å². The molecule has 0 aliphatic carbocycles. The molecule has 0 fully saturated rings. The molecule has 1 heterocycles. The predicted octanol–water partition coefficient (Wildman–Crippen LogP) is 2.85. The molecule has 3 nitrogen and oxygen atoms in total. The molecular weight excluding hydrogens is 212 g/mol. The van der Waals surface area contributed by atoms with E-state index in [2.05, 4.69) is 25.0 Å². The molecule has 0 unspecified atom stereocenters. The van der Waals surface area contributed by atoms with E-state index in [1.807, 2.05) is 24.6 Å². The molecule has 2 aromatic rings. The smallest absolute Gasteiger partial charge is 0.206 e. The van der Waals surface area contributed by atoms with Gasteiger partial charge >= 0.3 is 0 Å². The third-order valence-electron chi connectivity index (χ3n) is 3.19. The third kappa shape index (κ3) is 1.97. The van der Waals surface area contributed by atoms with Gasteiger partial charge in [-0.15, -0.1) is 0 Å². The van der Waals surface area contributed by atoms with Crippen molar-refractivity contribution in [1.29, 1.82) is 0 Å². The Morgan fingerprint density at radius 2 is 2.06 bits per heavy atom. The van der Waals surface area contributed by atoms with Gasteiger partial charge in [0.25, 0.3) is 0 Å². The van der Waals surface area contributed by atoms with Crippen LogP contribution >= 0.6 is 0 Å². The third-order valence-corrected chi connectivity index (χ3v) is 3.19. The molecule has 90 valence electrons. The van der Waals surface area contributed by atoms with Gasteiger partial charge in [0.1, 0.15) is 5.52 Å². The fourth-order valence-electron chi connectivity index (χ4n) is 2.05. The van der Waals surface area contributed by atoms with E-state index in [-0.39, 0.29) is 5.43 Å². The van der Waals surface area contributed by atoms with Crippen LogP contribution in [0, 0.1) is 6.92 Å². The lowest BCUT2D eigenvalue weighted by Gasteiger charge is -2.01. The monoisotopic (exact) mass is 230 g/mol. The van der Waals surface area contributed by atoms with E-state index in [1.54, 1.807) is 6.07 Å². The van der Waals surface area contributed by atoms with Crippen LogP contribution in [0.2, 0.25) is 0 Å². The van der Waals surface area contributed by atoms with Crippen LogP contribution in [-0.2, 0) is 6.54 Å². The molecule has 17 heavy (non-hydrogen) atoms. The molecule has 0 aliphatic heterocycles. The SMILES string of the molecule is CCn1nc2c(=O)ccc(C(C)C)cc2c1C. The molecule has 0 saturated carbocycles. The summed E-state index contributed by atoms with van der Waals surface area (Å²) in [5, 5.41) is 5.35. The fraction of sp³-hybridized carbons (Fsp3) is 0.429. The Kier molecular flexibility index (Phi) is 3.01. The van der Waals surface area contributed by atoms with E-state index < -0.39 is 0 Å². The lowest BCUT2D eigenvalue weighted by molar-refractivity contribution is 0.647. The first-order valence-corrected chi connectivity index (χ1v) is 6.06. The van der Waals surface area contributed by atoms with Crippen molar-refractivity contribution in [3.63, 3.8) is 0 Å². The molecule has 0 bridgehead atoms. The maximum absolute atomic E-state index is 12.0. The Morgan fingerprint density at radius 1 is 1.35 bits per heavy atom. The quantitative estimate of drug-likeness (QED) is 0.795. The zero-order valence-electron chi connectivity index (χ0n) is 10.8. The minimum absolute atomic E-state index is 0.00204. The Balaban J connectivity index is 2.88. The van der Waals surface area contributed by atoms with Gasteiger partial charge in [-0.2, -0.15) is 5.10 Å². The van der Waals surface area contributed by atoms with E-state index in [0.717, 1.165) is 17.6 Å². The first kappa shape index (κ1) is 11.8. The summed E-state index contributed by atoms with van der Waals surface area (Å²) in [6.45, 7) is 9.10. The van der Waals surface area contributed by atoms with E-state index in [1.165, 1.54) is 5.56 Å². The molecule has 1 aromatic carbocycles. The van der Waals surface area contributed by atoms with E-state index in [4.69, 9.17) is 0 Å². The molecule has 0 radical (unpaired) electrons. The predicted molar refractivity (Wildman–Crippen MR) is 70.5 cm³/mol. The number of hydrogen-bond acceptors (Lipinski definition) is 2. The second-order valence-corrected chi connectivity index (χ2v) is 4.66. The van der Waals surface area contributed by atoms with E-state index >= 15 is 0 Å². The van der Waals surface area contributed by atoms with Crippen molar-refractivity contribution in [2.45, 2.75) is 40.2 Å². The molecule has 3 heteroatoms. The van der Waals surface area contributed by atoms with Crippen molar-refractivity contribution < 1.29 is 0 Å². The van der Waals surface area contributed by atoms with Crippen molar-refractivity contribution in [3.05, 3.63) is 39.7 Å². The highest BCUT2D eigenvalue weighted by molar-refractivity contribution is 5.81. The first-order chi connectivity index (χ1) is 8.04. The van der Waals surface area contributed by atoms with Crippen LogP contribution in [0.25, 0.3) is 10.9 Å². The summed E-state index contributed by atoms with van der Waals surface area (Å²) in [5.74, 6) is 0.411. The van der Waals surface area contributed by atoms with Crippen molar-refractivity contribution in [2.75, 3.05) is 0 Å². The average Bonchev–Trinajstić information content (AvgIpc) is 2.50. The molecule has 0 N–H and O–H groups in total. The molecular formula is C14H18N2O. The van der Waals surface area contributed by atoms with Gasteiger partial charge < -0.3 is 0 Å². The van der Waals surface area contributed by atoms with Crippen LogP contribution in [0.3, 0.4) is 0 Å². The Labute approximate surface area is 101 Å². The van der Waals surface area contributed by atoms with Crippen LogP contribution in [0.15, 0.2) is 23.0 Å². The van der Waals surface area contributed by atoms with Crippen LogP contribution in [0.4, 0.5) is 0 Å². The van der Waals surface area contributed by atoms with Crippen molar-refractivity contribution in [1.82, 2.24) is 9.78 Å². The van der Waals surface area contributed by atoms with E-state index in [9.17, 15) is 4.79 Å². The van der Waals surface area contributed by atoms with Gasteiger partial charge in [0.05, 0.1) is 0 Å². The average molecular weight is 230 g/mol. The minimum atomic E-state index is 0.00204. The molecule has 0 spiro atoms. The van der Waals surface area contributed by atoms with Crippen LogP contribution in [0.5, 0.6) is 0 Å².